The Hall–Kier alpha value is -0.0400. The smallest absolute Gasteiger partial charge is 0.0631 e. The molecule has 1 aliphatic heterocycles. The molecule has 0 aromatic carbocycles. The fourth-order valence-electron chi connectivity index (χ4n) is 3.14. The van der Waals surface area contributed by atoms with Crippen molar-refractivity contribution in [2.24, 2.45) is 5.41 Å². The Morgan fingerprint density at radius 1 is 1.00 bits per heavy atom. The van der Waals surface area contributed by atoms with Gasteiger partial charge in [0.1, 0.15) is 0 Å². The van der Waals surface area contributed by atoms with Crippen LogP contribution in [0.15, 0.2) is 0 Å². The zero-order valence-electron chi connectivity index (χ0n) is 8.36. The first-order chi connectivity index (χ1) is 5.62. The second-order valence-corrected chi connectivity index (χ2v) is 5.24. The van der Waals surface area contributed by atoms with E-state index in [1.807, 2.05) is 0 Å². The Bertz CT molecular complexity index is 166. The highest BCUT2D eigenvalue weighted by Gasteiger charge is 2.42. The van der Waals surface area contributed by atoms with Gasteiger partial charge in [-0.05, 0) is 44.9 Å². The Morgan fingerprint density at radius 2 is 1.67 bits per heavy atom. The SMILES string of the molecule is CC1(C)CC2(CCCC2)CCO1. The molecule has 1 saturated heterocycles. The largest absolute Gasteiger partial charge is 0.376 e. The maximum atomic E-state index is 5.75. The summed E-state index contributed by atoms with van der Waals surface area (Å²) in [6.07, 6.45) is 8.43. The standard InChI is InChI=1S/C11H20O/c1-10(2)9-11(7-8-12-10)5-3-4-6-11/h3-9H2,1-2H3. The lowest BCUT2D eigenvalue weighted by molar-refractivity contribution is -0.103. The molecule has 0 N–H and O–H groups in total. The summed E-state index contributed by atoms with van der Waals surface area (Å²) < 4.78 is 5.75. The molecule has 2 fully saturated rings. The molecule has 0 unspecified atom stereocenters. The van der Waals surface area contributed by atoms with E-state index in [9.17, 15) is 0 Å². The van der Waals surface area contributed by atoms with Gasteiger partial charge in [-0.3, -0.25) is 0 Å². The number of rotatable bonds is 0. The van der Waals surface area contributed by atoms with E-state index in [4.69, 9.17) is 4.74 Å². The predicted octanol–water partition coefficient (Wildman–Crippen LogP) is 3.14. The molecule has 1 heteroatoms. The van der Waals surface area contributed by atoms with Crippen LogP contribution in [0.2, 0.25) is 0 Å². The lowest BCUT2D eigenvalue weighted by Crippen LogP contribution is -2.39. The van der Waals surface area contributed by atoms with Gasteiger partial charge in [0.15, 0.2) is 0 Å². The van der Waals surface area contributed by atoms with Crippen molar-refractivity contribution in [3.63, 3.8) is 0 Å². The topological polar surface area (TPSA) is 9.23 Å². The number of ether oxygens (including phenoxy) is 1. The Morgan fingerprint density at radius 3 is 2.25 bits per heavy atom. The van der Waals surface area contributed by atoms with Gasteiger partial charge < -0.3 is 4.74 Å². The van der Waals surface area contributed by atoms with Crippen LogP contribution in [0.25, 0.3) is 0 Å². The maximum Gasteiger partial charge on any atom is 0.0631 e. The molecule has 1 aliphatic carbocycles. The van der Waals surface area contributed by atoms with Gasteiger partial charge in [0.05, 0.1) is 5.60 Å². The number of hydrogen-bond donors (Lipinski definition) is 0. The van der Waals surface area contributed by atoms with Crippen molar-refractivity contribution < 1.29 is 4.74 Å². The summed E-state index contributed by atoms with van der Waals surface area (Å²) in [4.78, 5) is 0. The minimum atomic E-state index is 0.155. The molecule has 0 radical (unpaired) electrons. The molecule has 2 aliphatic rings. The Kier molecular flexibility index (Phi) is 1.95. The van der Waals surface area contributed by atoms with E-state index in [-0.39, 0.29) is 5.60 Å². The molecule has 0 aromatic rings. The van der Waals surface area contributed by atoms with Crippen LogP contribution < -0.4 is 0 Å². The number of hydrogen-bond acceptors (Lipinski definition) is 1. The molecule has 1 heterocycles. The molecule has 0 bridgehead atoms. The molecule has 1 spiro atoms. The molecule has 0 atom stereocenters. The highest BCUT2D eigenvalue weighted by molar-refractivity contribution is 4.93. The van der Waals surface area contributed by atoms with Crippen LogP contribution in [-0.4, -0.2) is 12.2 Å². The first kappa shape index (κ1) is 8.55. The van der Waals surface area contributed by atoms with Crippen LogP contribution in [0.5, 0.6) is 0 Å². The third-order valence-corrected chi connectivity index (χ3v) is 3.59. The molecule has 0 amide bonds. The summed E-state index contributed by atoms with van der Waals surface area (Å²) in [5, 5.41) is 0. The molecule has 1 saturated carbocycles. The van der Waals surface area contributed by atoms with Crippen molar-refractivity contribution in [3.8, 4) is 0 Å². The highest BCUT2D eigenvalue weighted by atomic mass is 16.5. The average molecular weight is 168 g/mol. The monoisotopic (exact) mass is 168 g/mol. The summed E-state index contributed by atoms with van der Waals surface area (Å²) >= 11 is 0. The van der Waals surface area contributed by atoms with Crippen LogP contribution in [0, 0.1) is 5.41 Å². The minimum Gasteiger partial charge on any atom is -0.376 e. The minimum absolute atomic E-state index is 0.155. The zero-order chi connectivity index (χ0) is 8.66. The van der Waals surface area contributed by atoms with Gasteiger partial charge in [-0.1, -0.05) is 12.8 Å². The highest BCUT2D eigenvalue weighted by Crippen LogP contribution is 2.49. The van der Waals surface area contributed by atoms with E-state index in [1.165, 1.54) is 38.5 Å². The van der Waals surface area contributed by atoms with Gasteiger partial charge in [-0.25, -0.2) is 0 Å². The van der Waals surface area contributed by atoms with Gasteiger partial charge in [0.2, 0.25) is 0 Å². The summed E-state index contributed by atoms with van der Waals surface area (Å²) in [5.41, 5.74) is 0.838. The van der Waals surface area contributed by atoms with E-state index < -0.39 is 0 Å². The molecule has 0 aromatic heterocycles. The predicted molar refractivity (Wildman–Crippen MR) is 50.2 cm³/mol. The van der Waals surface area contributed by atoms with Crippen LogP contribution in [0.4, 0.5) is 0 Å². The third kappa shape index (κ3) is 1.52. The molecule has 70 valence electrons. The van der Waals surface area contributed by atoms with E-state index in [0.717, 1.165) is 6.61 Å². The molecular weight excluding hydrogens is 148 g/mol. The summed E-state index contributed by atoms with van der Waals surface area (Å²) in [6, 6.07) is 0. The normalized spacial score (nSPS) is 32.5. The lowest BCUT2D eigenvalue weighted by atomic mass is 9.73. The molecular formula is C11H20O. The quantitative estimate of drug-likeness (QED) is 0.540. The Labute approximate surface area is 75.5 Å². The summed E-state index contributed by atoms with van der Waals surface area (Å²) in [7, 11) is 0. The first-order valence-corrected chi connectivity index (χ1v) is 5.26. The van der Waals surface area contributed by atoms with Crippen molar-refractivity contribution in [1.82, 2.24) is 0 Å². The van der Waals surface area contributed by atoms with Crippen molar-refractivity contribution in [2.75, 3.05) is 6.61 Å². The van der Waals surface area contributed by atoms with Gasteiger partial charge in [-0.15, -0.1) is 0 Å². The summed E-state index contributed by atoms with van der Waals surface area (Å²) in [5.74, 6) is 0. The fraction of sp³-hybridized carbons (Fsp3) is 1.00. The van der Waals surface area contributed by atoms with Crippen molar-refractivity contribution in [2.45, 2.75) is 58.0 Å². The summed E-state index contributed by atoms with van der Waals surface area (Å²) in [6.45, 7) is 5.48. The van der Waals surface area contributed by atoms with E-state index in [0.29, 0.717) is 5.41 Å². The maximum absolute atomic E-state index is 5.75. The van der Waals surface area contributed by atoms with Crippen LogP contribution in [-0.2, 0) is 4.74 Å². The molecule has 1 nitrogen and oxygen atoms in total. The van der Waals surface area contributed by atoms with Crippen LogP contribution >= 0.6 is 0 Å². The molecule has 2 rings (SSSR count). The van der Waals surface area contributed by atoms with Crippen molar-refractivity contribution in [1.29, 1.82) is 0 Å². The van der Waals surface area contributed by atoms with Crippen molar-refractivity contribution >= 4 is 0 Å². The molecule has 12 heavy (non-hydrogen) atoms. The zero-order valence-corrected chi connectivity index (χ0v) is 8.36. The average Bonchev–Trinajstić information content (AvgIpc) is 2.34. The Balaban J connectivity index is 2.07. The van der Waals surface area contributed by atoms with E-state index in [1.54, 1.807) is 0 Å². The van der Waals surface area contributed by atoms with Gasteiger partial charge in [0.25, 0.3) is 0 Å². The van der Waals surface area contributed by atoms with Gasteiger partial charge >= 0.3 is 0 Å². The second-order valence-electron chi connectivity index (χ2n) is 5.24. The van der Waals surface area contributed by atoms with E-state index >= 15 is 0 Å². The first-order valence-electron chi connectivity index (χ1n) is 5.26. The van der Waals surface area contributed by atoms with Gasteiger partial charge in [-0.2, -0.15) is 0 Å². The van der Waals surface area contributed by atoms with Crippen LogP contribution in [0.3, 0.4) is 0 Å². The lowest BCUT2D eigenvalue weighted by Gasteiger charge is -2.42. The third-order valence-electron chi connectivity index (χ3n) is 3.59. The fourth-order valence-corrected chi connectivity index (χ4v) is 3.14. The van der Waals surface area contributed by atoms with Crippen LogP contribution in [0.1, 0.15) is 52.4 Å². The van der Waals surface area contributed by atoms with Gasteiger partial charge in [0, 0.05) is 6.61 Å². The second kappa shape index (κ2) is 2.73. The van der Waals surface area contributed by atoms with Crippen molar-refractivity contribution in [3.05, 3.63) is 0 Å². The van der Waals surface area contributed by atoms with E-state index in [2.05, 4.69) is 13.8 Å².